The van der Waals surface area contributed by atoms with Crippen LogP contribution in [0.4, 0.5) is 5.82 Å². The minimum absolute atomic E-state index is 0.0447. The fourth-order valence-electron chi connectivity index (χ4n) is 8.00. The number of allylic oxidation sites excluding steroid dienone is 10. The van der Waals surface area contributed by atoms with E-state index in [9.17, 15) is 58.5 Å². The average molecular weight is 1100 g/mol. The fourth-order valence-corrected chi connectivity index (χ4v) is 10.1. The topological polar surface area (TPSA) is 323 Å². The van der Waals surface area contributed by atoms with Gasteiger partial charge in [0.1, 0.15) is 36.6 Å². The molecule has 1 aromatic heterocycles. The standard InChI is InChI=1S/C52H81N3O18P2/c1-3-5-7-8-9-10-11-12-13-14-15-16-17-18-19-20-25-29-47(59)68-36-40-37-69-74(64,65)73-75(66,67)70-38-45-50(62)49(61)41(32-31-39(56)27-23-6-4-2)43(57)35-44(58)42(28-24-21-22-26-30-48(60)71-40)51(72-45)55-34-33-46(53)54-52(55)63/h5,7,9-10,12-13,15-16,21,24,31-34,39-42,44-45,49-51,56,58,61-62H,3-4,6,8,11,14,17-20,22-23,25-30,35-38H2,1-2H3,(H,64,65)(H,66,67)(H2,53,54,63)/b7-5-,10-9-,13-12-,16-15-,24-21?,32-31?/t39-,40+,41-,42-,44-,45+,49-,50+,51+/m0/s1. The smallest absolute Gasteiger partial charge is 0.462 e. The normalized spacial score (nSPS) is 28.9. The summed E-state index contributed by atoms with van der Waals surface area (Å²) in [6.45, 7) is 1.30. The number of hydrogen-bond acceptors (Lipinski definition) is 18. The Bertz CT molecular complexity index is 2210. The first kappa shape index (κ1) is 65.1. The van der Waals surface area contributed by atoms with Gasteiger partial charge in [0.15, 0.2) is 6.10 Å². The third kappa shape index (κ3) is 26.6. The SMILES string of the molecule is CC/C=C\C/C=C\C/C=C\C/C=C\CCCCCCC(=O)OC[C@@H]1COP(=O)(O)OP(=O)(O)OC[C@H]2O[C@@H](n3ccc(N)nc3=O)[C@@H](CC=CCCCC(=O)O1)[C@@H](O)CC(=O)[C@H](C=C[C@@H](O)CCCCC)[C@H](O)[C@@H]2O. The van der Waals surface area contributed by atoms with E-state index in [0.29, 0.717) is 19.3 Å². The Morgan fingerprint density at radius 2 is 1.55 bits per heavy atom. The van der Waals surface area contributed by atoms with Crippen molar-refractivity contribution in [3.63, 3.8) is 0 Å². The summed E-state index contributed by atoms with van der Waals surface area (Å²) in [5.41, 5.74) is 4.74. The van der Waals surface area contributed by atoms with Crippen LogP contribution in [0.25, 0.3) is 0 Å². The number of fused-ring (bicyclic) bond motifs is 3. The van der Waals surface area contributed by atoms with Gasteiger partial charge in [-0.1, -0.05) is 119 Å². The van der Waals surface area contributed by atoms with Gasteiger partial charge in [-0.15, -0.1) is 0 Å². The molecular weight excluding hydrogens is 1020 g/mol. The van der Waals surface area contributed by atoms with E-state index in [1.54, 1.807) is 12.2 Å². The number of nitrogens with zero attached hydrogens (tertiary/aromatic N) is 2. The van der Waals surface area contributed by atoms with Gasteiger partial charge in [-0.25, -0.2) is 13.9 Å². The first-order chi connectivity index (χ1) is 35.9. The quantitative estimate of drug-likeness (QED) is 0.0242. The molecule has 0 saturated carbocycles. The van der Waals surface area contributed by atoms with Gasteiger partial charge in [-0.2, -0.15) is 9.29 Å². The van der Waals surface area contributed by atoms with Crippen LogP contribution in [-0.2, 0) is 51.1 Å². The largest absolute Gasteiger partial charge is 0.481 e. The Balaban J connectivity index is 1.75. The predicted molar refractivity (Wildman–Crippen MR) is 280 cm³/mol. The average Bonchev–Trinajstić information content (AvgIpc) is 3.35. The summed E-state index contributed by atoms with van der Waals surface area (Å²) in [4.78, 5) is 78.0. The van der Waals surface area contributed by atoms with Crippen LogP contribution >= 0.6 is 15.6 Å². The molecule has 0 spiro atoms. The van der Waals surface area contributed by atoms with Crippen LogP contribution in [0.5, 0.6) is 0 Å². The number of carbonyl (C=O) groups excluding carboxylic acids is 3. The molecular formula is C52H81N3O18P2. The van der Waals surface area contributed by atoms with Crippen LogP contribution in [0.15, 0.2) is 90.0 Å². The third-order valence-corrected chi connectivity index (χ3v) is 14.7. The molecule has 75 heavy (non-hydrogen) atoms. The van der Waals surface area contributed by atoms with Gasteiger partial charge >= 0.3 is 33.3 Å². The molecule has 2 unspecified atom stereocenters. The summed E-state index contributed by atoms with van der Waals surface area (Å²) in [6, 6.07) is 1.22. The second-order valence-electron chi connectivity index (χ2n) is 18.4. The molecule has 0 amide bonds. The lowest BCUT2D eigenvalue weighted by Gasteiger charge is -2.39. The number of aliphatic hydroxyl groups excluding tert-OH is 4. The highest BCUT2D eigenvalue weighted by Gasteiger charge is 2.45. The Hall–Kier alpha value is -4.21. The maximum Gasteiger partial charge on any atom is 0.481 e. The number of Topliss-reactive ketones (excluding diaryl/α,β-unsaturated/α-hetero) is 1. The lowest BCUT2D eigenvalue weighted by molar-refractivity contribution is -0.186. The highest BCUT2D eigenvalue weighted by Crippen LogP contribution is 2.60. The van der Waals surface area contributed by atoms with E-state index in [1.807, 2.05) is 6.92 Å². The Kier molecular flexibility index (Phi) is 31.2. The van der Waals surface area contributed by atoms with Gasteiger partial charge in [-0.05, 0) is 76.7 Å². The summed E-state index contributed by atoms with van der Waals surface area (Å²) in [6.07, 6.45) is 21.8. The van der Waals surface area contributed by atoms with Gasteiger partial charge in [0.2, 0.25) is 0 Å². The van der Waals surface area contributed by atoms with Crippen LogP contribution in [0.3, 0.4) is 0 Å². The van der Waals surface area contributed by atoms with Gasteiger partial charge < -0.3 is 50.2 Å². The number of nitrogen functional groups attached to an aromatic ring is 1. The van der Waals surface area contributed by atoms with Crippen LogP contribution in [-0.4, -0.2) is 114 Å². The van der Waals surface area contributed by atoms with E-state index in [4.69, 9.17) is 29.0 Å². The van der Waals surface area contributed by atoms with Gasteiger partial charge in [-0.3, -0.25) is 28.0 Å². The summed E-state index contributed by atoms with van der Waals surface area (Å²) >= 11 is 0. The number of aliphatic hydroxyl groups is 4. The molecule has 3 heterocycles. The Morgan fingerprint density at radius 1 is 0.880 bits per heavy atom. The molecule has 21 nitrogen and oxygen atoms in total. The summed E-state index contributed by atoms with van der Waals surface area (Å²) in [5.74, 6) is -5.26. The molecule has 11 atom stereocenters. The number of ketones is 1. The molecule has 1 aromatic rings. The van der Waals surface area contributed by atoms with Crippen molar-refractivity contribution in [2.45, 2.75) is 179 Å². The number of esters is 2. The van der Waals surface area contributed by atoms with Crippen molar-refractivity contribution >= 4 is 39.2 Å². The monoisotopic (exact) mass is 1100 g/mol. The zero-order valence-corrected chi connectivity index (χ0v) is 45.1. The number of carbonyl (C=O) groups is 3. The van der Waals surface area contributed by atoms with Crippen molar-refractivity contribution in [2.24, 2.45) is 11.8 Å². The van der Waals surface area contributed by atoms with E-state index in [-0.39, 0.29) is 37.9 Å². The summed E-state index contributed by atoms with van der Waals surface area (Å²) < 4.78 is 58.8. The Labute approximate surface area is 440 Å². The first-order valence-electron chi connectivity index (χ1n) is 26.1. The number of ether oxygens (including phenoxy) is 3. The maximum atomic E-state index is 13.9. The molecule has 8 N–H and O–H groups in total. The van der Waals surface area contributed by atoms with Crippen molar-refractivity contribution in [1.29, 1.82) is 0 Å². The van der Waals surface area contributed by atoms with Crippen molar-refractivity contribution < 1.29 is 81.3 Å². The summed E-state index contributed by atoms with van der Waals surface area (Å²) in [5, 5.41) is 45.7. The molecule has 2 bridgehead atoms. The second kappa shape index (κ2) is 36.0. The second-order valence-corrected chi connectivity index (χ2v) is 21.5. The number of anilines is 1. The molecule has 2 aliphatic rings. The van der Waals surface area contributed by atoms with E-state index in [2.05, 4.69) is 64.8 Å². The van der Waals surface area contributed by atoms with Crippen LogP contribution in [0.1, 0.15) is 142 Å². The van der Waals surface area contributed by atoms with Gasteiger partial charge in [0, 0.05) is 31.4 Å². The lowest BCUT2D eigenvalue weighted by atomic mass is 9.83. The number of cyclic esters (lactones) is 1. The number of phosphoric ester groups is 2. The fraction of sp³-hybridized carbons (Fsp3) is 0.635. The first-order valence-corrected chi connectivity index (χ1v) is 29.0. The third-order valence-electron chi connectivity index (χ3n) is 12.1. The molecule has 2 aliphatic heterocycles. The van der Waals surface area contributed by atoms with Gasteiger partial charge in [0.05, 0.1) is 37.4 Å². The highest BCUT2D eigenvalue weighted by atomic mass is 31.3. The number of hydrogen-bond donors (Lipinski definition) is 7. The molecule has 23 heteroatoms. The molecule has 1 saturated heterocycles. The van der Waals surface area contributed by atoms with Crippen LogP contribution in [0, 0.1) is 11.8 Å². The molecule has 0 radical (unpaired) electrons. The highest BCUT2D eigenvalue weighted by molar-refractivity contribution is 7.61. The van der Waals surface area contributed by atoms with Crippen molar-refractivity contribution in [3.05, 3.63) is 95.7 Å². The van der Waals surface area contributed by atoms with E-state index in [0.717, 1.165) is 75.0 Å². The van der Waals surface area contributed by atoms with Crippen molar-refractivity contribution in [1.82, 2.24) is 9.55 Å². The minimum atomic E-state index is -5.73. The predicted octanol–water partition coefficient (Wildman–Crippen LogP) is 7.48. The van der Waals surface area contributed by atoms with E-state index < -0.39 is 120 Å². The maximum absolute atomic E-state index is 13.9. The minimum Gasteiger partial charge on any atom is -0.462 e. The zero-order chi connectivity index (χ0) is 55.1. The number of aromatic nitrogens is 2. The number of phosphoric acid groups is 2. The zero-order valence-electron chi connectivity index (χ0n) is 43.3. The van der Waals surface area contributed by atoms with Crippen molar-refractivity contribution in [2.75, 3.05) is 25.6 Å². The molecule has 3 rings (SSSR count). The van der Waals surface area contributed by atoms with Crippen LogP contribution < -0.4 is 11.4 Å². The molecule has 0 aromatic carbocycles. The number of unbranched alkanes of at least 4 members (excludes halogenated alkanes) is 6. The van der Waals surface area contributed by atoms with Gasteiger partial charge in [0.25, 0.3) is 0 Å². The number of nitrogens with two attached hydrogens (primary N) is 1. The lowest BCUT2D eigenvalue weighted by Crippen LogP contribution is -2.51. The molecule has 1 fully saturated rings. The summed E-state index contributed by atoms with van der Waals surface area (Å²) in [7, 11) is -11.3. The molecule has 0 aliphatic carbocycles. The number of rotatable bonds is 23. The van der Waals surface area contributed by atoms with E-state index >= 15 is 0 Å². The Morgan fingerprint density at radius 3 is 2.23 bits per heavy atom. The van der Waals surface area contributed by atoms with E-state index in [1.165, 1.54) is 18.2 Å². The molecule has 422 valence electrons. The van der Waals surface area contributed by atoms with Crippen LogP contribution in [0.2, 0.25) is 0 Å². The van der Waals surface area contributed by atoms with Crippen molar-refractivity contribution in [3.8, 4) is 0 Å².